The Morgan fingerprint density at radius 3 is 1.94 bits per heavy atom. The van der Waals surface area contributed by atoms with E-state index in [4.69, 9.17) is 9.47 Å². The minimum Gasteiger partial charge on any atom is -0.497 e. The first-order valence-electron chi connectivity index (χ1n) is 10.8. The van der Waals surface area contributed by atoms with Gasteiger partial charge in [-0.3, -0.25) is 9.59 Å². The largest absolute Gasteiger partial charge is 0.497 e. The van der Waals surface area contributed by atoms with Gasteiger partial charge in [-0.2, -0.15) is 10.2 Å². The van der Waals surface area contributed by atoms with E-state index in [2.05, 4.69) is 26.4 Å². The predicted octanol–water partition coefficient (Wildman–Crippen LogP) is 3.42. The quantitative estimate of drug-likeness (QED) is 0.292. The number of amides is 2. The summed E-state index contributed by atoms with van der Waals surface area (Å²) in [6.07, 6.45) is 3.33. The molecule has 2 amide bonds. The van der Waals surface area contributed by atoms with Gasteiger partial charge in [-0.05, 0) is 59.7 Å². The molecule has 0 spiro atoms. The molecule has 3 N–H and O–H groups in total. The van der Waals surface area contributed by atoms with Crippen molar-refractivity contribution in [2.45, 2.75) is 6.42 Å². The maximum absolute atomic E-state index is 12.3. The molecule has 9 nitrogen and oxygen atoms in total. The average Bonchev–Trinajstić information content (AvgIpc) is 2.89. The second-order valence-corrected chi connectivity index (χ2v) is 7.30. The number of nitrogens with zero attached hydrogens (tertiary/aromatic N) is 2. The number of benzene rings is 3. The molecule has 9 heteroatoms. The zero-order valence-electron chi connectivity index (χ0n) is 19.5. The number of rotatable bonds is 11. The number of anilines is 1. The maximum atomic E-state index is 12.3. The van der Waals surface area contributed by atoms with Crippen LogP contribution in [0.2, 0.25) is 0 Å². The molecule has 0 aliphatic rings. The second kappa shape index (κ2) is 13.1. The molecule has 180 valence electrons. The van der Waals surface area contributed by atoms with Crippen LogP contribution < -0.4 is 25.6 Å². The van der Waals surface area contributed by atoms with Crippen LogP contribution in [0, 0.1) is 0 Å². The standard InChI is InChI=1S/C26H27N5O4/c1-34-23-7-3-5-19(15-23)17-28-30-25(32)13-14-27-22-11-9-21(10-12-22)26(33)31-29-18-20-6-4-8-24(16-20)35-2/h3-12,15-18,27H,13-14H2,1-2H3,(H,30,32)(H,31,33)/b28-17+,29-18+. The Morgan fingerprint density at radius 2 is 1.37 bits per heavy atom. The molecular weight excluding hydrogens is 446 g/mol. The summed E-state index contributed by atoms with van der Waals surface area (Å²) in [7, 11) is 3.18. The van der Waals surface area contributed by atoms with E-state index < -0.39 is 0 Å². The van der Waals surface area contributed by atoms with E-state index in [1.54, 1.807) is 50.9 Å². The van der Waals surface area contributed by atoms with Crippen LogP contribution in [-0.4, -0.2) is 45.0 Å². The fourth-order valence-corrected chi connectivity index (χ4v) is 2.97. The summed E-state index contributed by atoms with van der Waals surface area (Å²) in [6.45, 7) is 0.414. The van der Waals surface area contributed by atoms with Crippen LogP contribution in [0.5, 0.6) is 11.5 Å². The fourth-order valence-electron chi connectivity index (χ4n) is 2.97. The van der Waals surface area contributed by atoms with Crippen molar-refractivity contribution in [3.63, 3.8) is 0 Å². The first-order valence-corrected chi connectivity index (χ1v) is 10.8. The molecule has 0 aliphatic heterocycles. The SMILES string of the molecule is COc1cccc(/C=N/NC(=O)CCNc2ccc(C(=O)N/N=C/c3cccc(OC)c3)cc2)c1. The highest BCUT2D eigenvalue weighted by atomic mass is 16.5. The topological polar surface area (TPSA) is 113 Å². The highest BCUT2D eigenvalue weighted by Crippen LogP contribution is 2.12. The third-order valence-corrected chi connectivity index (χ3v) is 4.80. The van der Waals surface area contributed by atoms with Crippen molar-refractivity contribution >= 4 is 29.9 Å². The molecule has 35 heavy (non-hydrogen) atoms. The van der Waals surface area contributed by atoms with E-state index in [1.165, 1.54) is 0 Å². The maximum Gasteiger partial charge on any atom is 0.271 e. The van der Waals surface area contributed by atoms with Crippen molar-refractivity contribution in [1.82, 2.24) is 10.9 Å². The zero-order chi connectivity index (χ0) is 24.9. The van der Waals surface area contributed by atoms with E-state index in [-0.39, 0.29) is 18.2 Å². The third kappa shape index (κ3) is 8.32. The van der Waals surface area contributed by atoms with E-state index in [9.17, 15) is 9.59 Å². The first-order chi connectivity index (χ1) is 17.1. The van der Waals surface area contributed by atoms with Crippen molar-refractivity contribution < 1.29 is 19.1 Å². The molecule has 0 unspecified atom stereocenters. The fraction of sp³-hybridized carbons (Fsp3) is 0.154. The van der Waals surface area contributed by atoms with E-state index in [0.717, 1.165) is 16.8 Å². The summed E-state index contributed by atoms with van der Waals surface area (Å²) < 4.78 is 10.3. The van der Waals surface area contributed by atoms with Gasteiger partial charge in [-0.1, -0.05) is 24.3 Å². The molecule has 0 bridgehead atoms. The van der Waals surface area contributed by atoms with Crippen LogP contribution in [0.3, 0.4) is 0 Å². The Labute approximate surface area is 203 Å². The molecule has 3 aromatic rings. The molecule has 0 saturated carbocycles. The highest BCUT2D eigenvalue weighted by molar-refractivity contribution is 5.95. The zero-order valence-corrected chi connectivity index (χ0v) is 19.5. The molecule has 3 rings (SSSR count). The van der Waals surface area contributed by atoms with Crippen LogP contribution in [-0.2, 0) is 4.79 Å². The summed E-state index contributed by atoms with van der Waals surface area (Å²) in [5.41, 5.74) is 7.86. The second-order valence-electron chi connectivity index (χ2n) is 7.30. The van der Waals surface area contributed by atoms with Crippen molar-refractivity contribution in [2.75, 3.05) is 26.1 Å². The molecular formula is C26H27N5O4. The van der Waals surface area contributed by atoms with Crippen LogP contribution in [0.1, 0.15) is 27.9 Å². The summed E-state index contributed by atoms with van der Waals surface area (Å²) in [5, 5.41) is 11.1. The predicted molar refractivity (Wildman–Crippen MR) is 136 cm³/mol. The Kier molecular flexibility index (Phi) is 9.38. The number of nitrogens with one attached hydrogen (secondary N) is 3. The van der Waals surface area contributed by atoms with Gasteiger partial charge in [-0.15, -0.1) is 0 Å². The number of methoxy groups -OCH3 is 2. The summed E-state index contributed by atoms with van der Waals surface area (Å²) >= 11 is 0. The normalized spacial score (nSPS) is 10.8. The van der Waals surface area contributed by atoms with Crippen molar-refractivity contribution in [3.05, 3.63) is 89.5 Å². The van der Waals surface area contributed by atoms with Gasteiger partial charge in [0.1, 0.15) is 11.5 Å². The van der Waals surface area contributed by atoms with Gasteiger partial charge in [0.2, 0.25) is 5.91 Å². The Bertz CT molecular complexity index is 1190. The number of hydrogen-bond acceptors (Lipinski definition) is 7. The number of hydrazone groups is 2. The monoisotopic (exact) mass is 473 g/mol. The summed E-state index contributed by atoms with van der Waals surface area (Å²) in [6, 6.07) is 21.6. The molecule has 3 aromatic carbocycles. The van der Waals surface area contributed by atoms with E-state index in [0.29, 0.717) is 23.6 Å². The Balaban J connectivity index is 1.39. The lowest BCUT2D eigenvalue weighted by Crippen LogP contribution is -2.20. The summed E-state index contributed by atoms with van der Waals surface area (Å²) in [5.74, 6) is 0.876. The molecule has 0 radical (unpaired) electrons. The molecule has 0 fully saturated rings. The lowest BCUT2D eigenvalue weighted by atomic mass is 10.2. The van der Waals surface area contributed by atoms with Gasteiger partial charge < -0.3 is 14.8 Å². The molecule has 0 saturated heterocycles. The highest BCUT2D eigenvalue weighted by Gasteiger charge is 2.05. The van der Waals surface area contributed by atoms with Crippen LogP contribution in [0.25, 0.3) is 0 Å². The average molecular weight is 474 g/mol. The van der Waals surface area contributed by atoms with Crippen molar-refractivity contribution in [1.29, 1.82) is 0 Å². The van der Waals surface area contributed by atoms with Gasteiger partial charge in [0.25, 0.3) is 5.91 Å². The molecule has 0 heterocycles. The van der Waals surface area contributed by atoms with Gasteiger partial charge in [0.15, 0.2) is 0 Å². The van der Waals surface area contributed by atoms with Crippen LogP contribution >= 0.6 is 0 Å². The number of carbonyl (C=O) groups is 2. The molecule has 0 aliphatic carbocycles. The van der Waals surface area contributed by atoms with Crippen molar-refractivity contribution in [3.8, 4) is 11.5 Å². The Morgan fingerprint density at radius 1 is 0.800 bits per heavy atom. The van der Waals surface area contributed by atoms with Gasteiger partial charge in [0.05, 0.1) is 26.6 Å². The first kappa shape index (κ1) is 25.0. The number of ether oxygens (including phenoxy) is 2. The summed E-state index contributed by atoms with van der Waals surface area (Å²) in [4.78, 5) is 24.2. The minimum atomic E-state index is -0.330. The Hall–Kier alpha value is -4.66. The molecule has 0 atom stereocenters. The lowest BCUT2D eigenvalue weighted by molar-refractivity contribution is -0.120. The van der Waals surface area contributed by atoms with Crippen molar-refractivity contribution in [2.24, 2.45) is 10.2 Å². The minimum absolute atomic E-state index is 0.221. The lowest BCUT2D eigenvalue weighted by Gasteiger charge is -2.07. The van der Waals surface area contributed by atoms with Crippen LogP contribution in [0.15, 0.2) is 83.0 Å². The van der Waals surface area contributed by atoms with Gasteiger partial charge in [-0.25, -0.2) is 10.9 Å². The van der Waals surface area contributed by atoms with Gasteiger partial charge in [0, 0.05) is 24.2 Å². The smallest absolute Gasteiger partial charge is 0.271 e. The third-order valence-electron chi connectivity index (χ3n) is 4.80. The van der Waals surface area contributed by atoms with E-state index in [1.807, 2.05) is 48.5 Å². The molecule has 0 aromatic heterocycles. The van der Waals surface area contributed by atoms with E-state index >= 15 is 0 Å². The van der Waals surface area contributed by atoms with Gasteiger partial charge >= 0.3 is 0 Å². The number of carbonyl (C=O) groups excluding carboxylic acids is 2. The number of hydrogen-bond donors (Lipinski definition) is 3. The van der Waals surface area contributed by atoms with Crippen LogP contribution in [0.4, 0.5) is 5.69 Å².